The van der Waals surface area contributed by atoms with Crippen LogP contribution in [0.2, 0.25) is 10.0 Å². The van der Waals surface area contributed by atoms with Crippen LogP contribution in [0.3, 0.4) is 0 Å². The number of benzene rings is 1. The Hall–Kier alpha value is -0.700. The lowest BCUT2D eigenvalue weighted by molar-refractivity contribution is 0.260. The highest BCUT2D eigenvalue weighted by molar-refractivity contribution is 6.37. The highest BCUT2D eigenvalue weighted by atomic mass is 35.5. The molecule has 0 aromatic heterocycles. The maximum absolute atomic E-state index is 5.96. The summed E-state index contributed by atoms with van der Waals surface area (Å²) in [5.41, 5.74) is 0. The third-order valence-electron chi connectivity index (χ3n) is 2.40. The van der Waals surface area contributed by atoms with Crippen molar-refractivity contribution in [3.05, 3.63) is 40.9 Å². The standard InChI is InChI=1S/C12H12Cl2O2/c1-2-4-10-11(16-10)7-15-12-8(13)5-3-6-9(12)14/h2-3,5-6,10-11H,1,4,7H2. The van der Waals surface area contributed by atoms with E-state index in [1.165, 1.54) is 0 Å². The molecule has 0 amide bonds. The molecule has 1 saturated heterocycles. The van der Waals surface area contributed by atoms with Gasteiger partial charge in [0, 0.05) is 0 Å². The lowest BCUT2D eigenvalue weighted by atomic mass is 10.2. The molecule has 0 N–H and O–H groups in total. The summed E-state index contributed by atoms with van der Waals surface area (Å²) in [7, 11) is 0. The van der Waals surface area contributed by atoms with Crippen molar-refractivity contribution in [2.75, 3.05) is 6.61 Å². The van der Waals surface area contributed by atoms with Gasteiger partial charge in [0.25, 0.3) is 0 Å². The van der Waals surface area contributed by atoms with E-state index in [0.717, 1.165) is 6.42 Å². The average molecular weight is 259 g/mol. The molecule has 0 saturated carbocycles. The number of ether oxygens (including phenoxy) is 2. The first kappa shape index (κ1) is 11.8. The van der Waals surface area contributed by atoms with Gasteiger partial charge in [0.15, 0.2) is 5.75 Å². The molecule has 1 aliphatic rings. The third-order valence-corrected chi connectivity index (χ3v) is 2.99. The average Bonchev–Trinajstić information content (AvgIpc) is 2.97. The largest absolute Gasteiger partial charge is 0.488 e. The van der Waals surface area contributed by atoms with Gasteiger partial charge in [0.1, 0.15) is 12.7 Å². The van der Waals surface area contributed by atoms with Crippen molar-refractivity contribution in [2.24, 2.45) is 0 Å². The van der Waals surface area contributed by atoms with Gasteiger partial charge in [-0.05, 0) is 18.6 Å². The van der Waals surface area contributed by atoms with E-state index in [4.69, 9.17) is 32.7 Å². The number of epoxide rings is 1. The predicted molar refractivity (Wildman–Crippen MR) is 65.4 cm³/mol. The van der Waals surface area contributed by atoms with E-state index in [9.17, 15) is 0 Å². The summed E-state index contributed by atoms with van der Waals surface area (Å²) >= 11 is 11.9. The number of hydrogen-bond acceptors (Lipinski definition) is 2. The van der Waals surface area contributed by atoms with Crippen molar-refractivity contribution in [3.63, 3.8) is 0 Å². The van der Waals surface area contributed by atoms with E-state index >= 15 is 0 Å². The number of para-hydroxylation sites is 1. The number of halogens is 2. The number of hydrogen-bond donors (Lipinski definition) is 0. The van der Waals surface area contributed by atoms with Gasteiger partial charge in [-0.15, -0.1) is 6.58 Å². The van der Waals surface area contributed by atoms with Crippen LogP contribution >= 0.6 is 23.2 Å². The van der Waals surface area contributed by atoms with E-state index in [1.807, 2.05) is 6.08 Å². The van der Waals surface area contributed by atoms with E-state index in [2.05, 4.69) is 6.58 Å². The van der Waals surface area contributed by atoms with Gasteiger partial charge in [0.2, 0.25) is 0 Å². The van der Waals surface area contributed by atoms with Gasteiger partial charge < -0.3 is 9.47 Å². The van der Waals surface area contributed by atoms with Crippen LogP contribution in [0, 0.1) is 0 Å². The SMILES string of the molecule is C=CCC1OC1COc1c(Cl)cccc1Cl. The van der Waals surface area contributed by atoms with Gasteiger partial charge >= 0.3 is 0 Å². The molecule has 86 valence electrons. The monoisotopic (exact) mass is 258 g/mol. The Labute approximate surface area is 105 Å². The highest BCUT2D eigenvalue weighted by Gasteiger charge is 2.38. The van der Waals surface area contributed by atoms with E-state index in [0.29, 0.717) is 22.4 Å². The summed E-state index contributed by atoms with van der Waals surface area (Å²) in [5, 5.41) is 1.04. The maximum Gasteiger partial charge on any atom is 0.156 e. The summed E-state index contributed by atoms with van der Waals surface area (Å²) in [5.74, 6) is 0.527. The molecule has 1 aromatic carbocycles. The van der Waals surface area contributed by atoms with Crippen LogP contribution in [0.4, 0.5) is 0 Å². The molecule has 0 bridgehead atoms. The lowest BCUT2D eigenvalue weighted by Crippen LogP contribution is -2.07. The Bertz CT molecular complexity index is 372. The molecule has 0 radical (unpaired) electrons. The fourth-order valence-electron chi connectivity index (χ4n) is 1.48. The molecule has 1 heterocycles. The minimum absolute atomic E-state index is 0.130. The second-order valence-electron chi connectivity index (χ2n) is 3.60. The van der Waals surface area contributed by atoms with Gasteiger partial charge in [-0.1, -0.05) is 35.3 Å². The van der Waals surface area contributed by atoms with E-state index in [-0.39, 0.29) is 12.2 Å². The van der Waals surface area contributed by atoms with Crippen LogP contribution in [-0.2, 0) is 4.74 Å². The fraction of sp³-hybridized carbons (Fsp3) is 0.333. The minimum Gasteiger partial charge on any atom is -0.488 e. The third kappa shape index (κ3) is 2.70. The van der Waals surface area contributed by atoms with Crippen molar-refractivity contribution in [2.45, 2.75) is 18.6 Å². The molecule has 0 spiro atoms. The van der Waals surface area contributed by atoms with Gasteiger partial charge in [-0.25, -0.2) is 0 Å². The first-order valence-electron chi connectivity index (χ1n) is 5.05. The molecular weight excluding hydrogens is 247 g/mol. The van der Waals surface area contributed by atoms with Crippen LogP contribution in [0.1, 0.15) is 6.42 Å². The Morgan fingerprint density at radius 3 is 2.62 bits per heavy atom. The van der Waals surface area contributed by atoms with Crippen molar-refractivity contribution in [3.8, 4) is 5.75 Å². The quantitative estimate of drug-likeness (QED) is 0.593. The minimum atomic E-state index is 0.130. The highest BCUT2D eigenvalue weighted by Crippen LogP contribution is 2.34. The Balaban J connectivity index is 1.89. The molecule has 4 heteroatoms. The fourth-order valence-corrected chi connectivity index (χ4v) is 1.99. The molecule has 1 aliphatic heterocycles. The molecule has 2 unspecified atom stereocenters. The normalized spacial score (nSPS) is 22.9. The summed E-state index contributed by atoms with van der Waals surface area (Å²) in [4.78, 5) is 0. The van der Waals surface area contributed by atoms with Crippen LogP contribution in [0.25, 0.3) is 0 Å². The topological polar surface area (TPSA) is 21.8 Å². The predicted octanol–water partition coefficient (Wildman–Crippen LogP) is 3.72. The summed E-state index contributed by atoms with van der Waals surface area (Å²) in [6.07, 6.45) is 3.06. The van der Waals surface area contributed by atoms with Crippen LogP contribution in [0.5, 0.6) is 5.75 Å². The van der Waals surface area contributed by atoms with Crippen LogP contribution in [0.15, 0.2) is 30.9 Å². The molecule has 1 aromatic rings. The second kappa shape index (κ2) is 5.09. The van der Waals surface area contributed by atoms with Crippen molar-refractivity contribution in [1.82, 2.24) is 0 Å². The summed E-state index contributed by atoms with van der Waals surface area (Å²) in [6.45, 7) is 4.13. The lowest BCUT2D eigenvalue weighted by Gasteiger charge is -2.07. The zero-order valence-electron chi connectivity index (χ0n) is 8.66. The van der Waals surface area contributed by atoms with Crippen molar-refractivity contribution < 1.29 is 9.47 Å². The first-order chi connectivity index (χ1) is 7.72. The second-order valence-corrected chi connectivity index (χ2v) is 4.41. The van der Waals surface area contributed by atoms with E-state index < -0.39 is 0 Å². The number of rotatable bonds is 5. The van der Waals surface area contributed by atoms with Crippen LogP contribution in [-0.4, -0.2) is 18.8 Å². The molecule has 16 heavy (non-hydrogen) atoms. The van der Waals surface area contributed by atoms with Crippen molar-refractivity contribution >= 4 is 23.2 Å². The summed E-state index contributed by atoms with van der Waals surface area (Å²) in [6, 6.07) is 5.28. The Morgan fingerprint density at radius 1 is 1.31 bits per heavy atom. The Morgan fingerprint density at radius 2 is 2.00 bits per heavy atom. The summed E-state index contributed by atoms with van der Waals surface area (Å²) < 4.78 is 10.9. The Kier molecular flexibility index (Phi) is 3.74. The van der Waals surface area contributed by atoms with Gasteiger partial charge in [-0.3, -0.25) is 0 Å². The van der Waals surface area contributed by atoms with Gasteiger partial charge in [-0.2, -0.15) is 0 Å². The van der Waals surface area contributed by atoms with Crippen molar-refractivity contribution in [1.29, 1.82) is 0 Å². The zero-order chi connectivity index (χ0) is 11.5. The smallest absolute Gasteiger partial charge is 0.156 e. The van der Waals surface area contributed by atoms with E-state index in [1.54, 1.807) is 18.2 Å². The maximum atomic E-state index is 5.96. The molecule has 0 aliphatic carbocycles. The molecule has 1 fully saturated rings. The molecular formula is C12H12Cl2O2. The van der Waals surface area contributed by atoms with Gasteiger partial charge in [0.05, 0.1) is 16.1 Å². The van der Waals surface area contributed by atoms with Crippen LogP contribution < -0.4 is 4.74 Å². The zero-order valence-corrected chi connectivity index (χ0v) is 10.2. The first-order valence-corrected chi connectivity index (χ1v) is 5.81. The molecule has 2 atom stereocenters. The molecule has 2 nitrogen and oxygen atoms in total. The molecule has 2 rings (SSSR count).